The molecular formula is C13H24O3. The van der Waals surface area contributed by atoms with E-state index in [1.54, 1.807) is 0 Å². The highest BCUT2D eigenvalue weighted by Gasteiger charge is 2.31. The van der Waals surface area contributed by atoms with Crippen LogP contribution in [0.1, 0.15) is 46.0 Å². The molecule has 0 atom stereocenters. The third-order valence-corrected chi connectivity index (χ3v) is 3.17. The predicted molar refractivity (Wildman–Crippen MR) is 63.5 cm³/mol. The number of hydrogen-bond donors (Lipinski definition) is 0. The van der Waals surface area contributed by atoms with Crippen molar-refractivity contribution < 1.29 is 14.3 Å². The maximum Gasteiger partial charge on any atom is 0.128 e. The lowest BCUT2D eigenvalue weighted by Gasteiger charge is -2.31. The summed E-state index contributed by atoms with van der Waals surface area (Å²) in [6.07, 6.45) is 6.90. The summed E-state index contributed by atoms with van der Waals surface area (Å²) >= 11 is 0. The summed E-state index contributed by atoms with van der Waals surface area (Å²) in [7, 11) is 0. The van der Waals surface area contributed by atoms with Crippen LogP contribution < -0.4 is 0 Å². The maximum absolute atomic E-state index is 11.1. The molecule has 0 aromatic rings. The van der Waals surface area contributed by atoms with Crippen LogP contribution in [0.25, 0.3) is 0 Å². The van der Waals surface area contributed by atoms with Crippen molar-refractivity contribution in [2.45, 2.75) is 52.1 Å². The summed E-state index contributed by atoms with van der Waals surface area (Å²) in [6, 6.07) is 0. The number of ether oxygens (including phenoxy) is 2. The lowest BCUT2D eigenvalue weighted by Crippen LogP contribution is -2.31. The molecule has 1 rings (SSSR count). The van der Waals surface area contributed by atoms with Crippen molar-refractivity contribution in [3.8, 4) is 0 Å². The summed E-state index contributed by atoms with van der Waals surface area (Å²) in [6.45, 7) is 5.79. The molecule has 1 aliphatic carbocycles. The number of hydrogen-bond acceptors (Lipinski definition) is 3. The van der Waals surface area contributed by atoms with E-state index >= 15 is 0 Å². The molecular weight excluding hydrogens is 204 g/mol. The zero-order valence-electron chi connectivity index (χ0n) is 10.5. The van der Waals surface area contributed by atoms with Crippen LogP contribution in [0.5, 0.6) is 0 Å². The molecule has 0 radical (unpaired) electrons. The molecule has 1 fully saturated rings. The van der Waals surface area contributed by atoms with Gasteiger partial charge < -0.3 is 14.3 Å². The molecule has 0 aromatic heterocycles. The smallest absolute Gasteiger partial charge is 0.128 e. The Bertz CT molecular complexity index is 195. The Kier molecular flexibility index (Phi) is 5.99. The van der Waals surface area contributed by atoms with E-state index in [1.807, 2.05) is 13.8 Å². The van der Waals surface area contributed by atoms with Gasteiger partial charge in [0.2, 0.25) is 0 Å². The normalized spacial score (nSPS) is 19.9. The average Bonchev–Trinajstić information content (AvgIpc) is 2.29. The maximum atomic E-state index is 11.1. The first-order valence-electron chi connectivity index (χ1n) is 6.34. The van der Waals surface area contributed by atoms with Gasteiger partial charge in [-0.3, -0.25) is 0 Å². The second-order valence-corrected chi connectivity index (χ2v) is 5.01. The second kappa shape index (κ2) is 7.02. The zero-order chi connectivity index (χ0) is 11.9. The number of carbonyl (C=O) groups excluding carboxylic acids is 1. The first-order chi connectivity index (χ1) is 7.68. The Labute approximate surface area is 98.5 Å². The molecule has 0 heterocycles. The highest BCUT2D eigenvalue weighted by atomic mass is 16.5. The molecule has 3 nitrogen and oxygen atoms in total. The monoisotopic (exact) mass is 228 g/mol. The Morgan fingerprint density at radius 2 is 1.88 bits per heavy atom. The van der Waals surface area contributed by atoms with Gasteiger partial charge in [-0.25, -0.2) is 0 Å². The molecule has 0 bridgehead atoms. The SMILES string of the molecule is CC(C)OCCOCC1(C=O)CCCCC1. The lowest BCUT2D eigenvalue weighted by atomic mass is 9.76. The molecule has 0 aromatic carbocycles. The summed E-state index contributed by atoms with van der Waals surface area (Å²) in [5, 5.41) is 0. The van der Waals surface area contributed by atoms with Crippen molar-refractivity contribution >= 4 is 6.29 Å². The van der Waals surface area contributed by atoms with Crippen molar-refractivity contribution in [1.29, 1.82) is 0 Å². The van der Waals surface area contributed by atoms with Gasteiger partial charge in [0.05, 0.1) is 25.9 Å². The van der Waals surface area contributed by atoms with Crippen molar-refractivity contribution in [1.82, 2.24) is 0 Å². The van der Waals surface area contributed by atoms with Crippen LogP contribution in [0, 0.1) is 5.41 Å². The first-order valence-corrected chi connectivity index (χ1v) is 6.34. The average molecular weight is 228 g/mol. The van der Waals surface area contributed by atoms with Gasteiger partial charge in [-0.05, 0) is 26.7 Å². The fraction of sp³-hybridized carbons (Fsp3) is 0.923. The molecule has 16 heavy (non-hydrogen) atoms. The number of carbonyl (C=O) groups is 1. The highest BCUT2D eigenvalue weighted by molar-refractivity contribution is 5.59. The van der Waals surface area contributed by atoms with Crippen molar-refractivity contribution in [3.63, 3.8) is 0 Å². The molecule has 0 amide bonds. The minimum atomic E-state index is -0.198. The summed E-state index contributed by atoms with van der Waals surface area (Å²) in [4.78, 5) is 11.1. The van der Waals surface area contributed by atoms with Crippen molar-refractivity contribution in [3.05, 3.63) is 0 Å². The summed E-state index contributed by atoms with van der Waals surface area (Å²) < 4.78 is 10.9. The highest BCUT2D eigenvalue weighted by Crippen LogP contribution is 2.34. The minimum Gasteiger partial charge on any atom is -0.378 e. The van der Waals surface area contributed by atoms with E-state index in [4.69, 9.17) is 9.47 Å². The Morgan fingerprint density at radius 1 is 1.19 bits per heavy atom. The van der Waals surface area contributed by atoms with E-state index in [0.717, 1.165) is 32.0 Å². The largest absolute Gasteiger partial charge is 0.378 e. The van der Waals surface area contributed by atoms with Crippen LogP contribution in [0.4, 0.5) is 0 Å². The fourth-order valence-corrected chi connectivity index (χ4v) is 2.17. The van der Waals surface area contributed by atoms with Crippen LogP contribution in [0.2, 0.25) is 0 Å². The van der Waals surface area contributed by atoms with Gasteiger partial charge in [-0.2, -0.15) is 0 Å². The topological polar surface area (TPSA) is 35.5 Å². The molecule has 3 heteroatoms. The molecule has 94 valence electrons. The van der Waals surface area contributed by atoms with E-state index in [0.29, 0.717) is 19.8 Å². The Balaban J connectivity index is 2.16. The number of rotatable bonds is 7. The molecule has 0 unspecified atom stereocenters. The van der Waals surface area contributed by atoms with Crippen molar-refractivity contribution in [2.75, 3.05) is 19.8 Å². The molecule has 0 N–H and O–H groups in total. The molecule has 1 saturated carbocycles. The van der Waals surface area contributed by atoms with Gasteiger partial charge in [-0.15, -0.1) is 0 Å². The van der Waals surface area contributed by atoms with Gasteiger partial charge in [0.25, 0.3) is 0 Å². The number of aldehydes is 1. The summed E-state index contributed by atoms with van der Waals surface area (Å²) in [5.74, 6) is 0. The minimum absolute atomic E-state index is 0.198. The van der Waals surface area contributed by atoms with E-state index in [2.05, 4.69) is 0 Å². The molecule has 0 spiro atoms. The van der Waals surface area contributed by atoms with Crippen LogP contribution in [-0.4, -0.2) is 32.2 Å². The van der Waals surface area contributed by atoms with Crippen LogP contribution >= 0.6 is 0 Å². The Hall–Kier alpha value is -0.410. The fourth-order valence-electron chi connectivity index (χ4n) is 2.17. The van der Waals surface area contributed by atoms with E-state index in [-0.39, 0.29) is 11.5 Å². The van der Waals surface area contributed by atoms with Gasteiger partial charge in [0.1, 0.15) is 6.29 Å². The molecule has 0 saturated heterocycles. The third-order valence-electron chi connectivity index (χ3n) is 3.17. The van der Waals surface area contributed by atoms with Gasteiger partial charge in [-0.1, -0.05) is 19.3 Å². The quantitative estimate of drug-likeness (QED) is 0.496. The van der Waals surface area contributed by atoms with Crippen molar-refractivity contribution in [2.24, 2.45) is 5.41 Å². The van der Waals surface area contributed by atoms with Gasteiger partial charge in [0.15, 0.2) is 0 Å². The van der Waals surface area contributed by atoms with Crippen LogP contribution in [0.3, 0.4) is 0 Å². The second-order valence-electron chi connectivity index (χ2n) is 5.01. The molecule has 0 aliphatic heterocycles. The van der Waals surface area contributed by atoms with E-state index in [9.17, 15) is 4.79 Å². The van der Waals surface area contributed by atoms with E-state index < -0.39 is 0 Å². The van der Waals surface area contributed by atoms with Gasteiger partial charge in [0, 0.05) is 5.41 Å². The lowest BCUT2D eigenvalue weighted by molar-refractivity contribution is -0.122. The Morgan fingerprint density at radius 3 is 2.44 bits per heavy atom. The van der Waals surface area contributed by atoms with E-state index in [1.165, 1.54) is 6.42 Å². The molecule has 1 aliphatic rings. The van der Waals surface area contributed by atoms with Crippen LogP contribution in [-0.2, 0) is 14.3 Å². The zero-order valence-corrected chi connectivity index (χ0v) is 10.5. The standard InChI is InChI=1S/C13H24O3/c1-12(2)16-9-8-15-11-13(10-14)6-4-3-5-7-13/h10,12H,3-9,11H2,1-2H3. The predicted octanol–water partition coefficient (Wildman–Crippen LogP) is 2.58. The first kappa shape index (κ1) is 13.7. The third kappa shape index (κ3) is 4.62. The van der Waals surface area contributed by atoms with Gasteiger partial charge >= 0.3 is 0 Å². The summed E-state index contributed by atoms with van der Waals surface area (Å²) in [5.41, 5.74) is -0.198. The van der Waals surface area contributed by atoms with Crippen LogP contribution in [0.15, 0.2) is 0 Å².